The van der Waals surface area contributed by atoms with Gasteiger partial charge in [-0.15, -0.1) is 0 Å². The maximum atomic E-state index is 12.7. The van der Waals surface area contributed by atoms with Crippen molar-refractivity contribution in [2.75, 3.05) is 0 Å². The van der Waals surface area contributed by atoms with E-state index in [1.165, 1.54) is 6.07 Å². The standard InChI is InChI=1S/C9H5F2IO5/c10-9(11,8(15)16)17-6-2-1-4(12)3-5(6)7(13)14/h1-3H,(H,13,14)(H,15,16)/p-1. The number of hydrogen-bond acceptors (Lipinski definition) is 4. The summed E-state index contributed by atoms with van der Waals surface area (Å²) in [5.41, 5.74) is -0.558. The van der Waals surface area contributed by atoms with Crippen molar-refractivity contribution in [1.82, 2.24) is 0 Å². The van der Waals surface area contributed by atoms with Crippen LogP contribution in [0.1, 0.15) is 10.4 Å². The van der Waals surface area contributed by atoms with E-state index in [4.69, 9.17) is 5.11 Å². The summed E-state index contributed by atoms with van der Waals surface area (Å²) < 4.78 is 29.7. The molecule has 0 aromatic heterocycles. The molecule has 1 N–H and O–H groups in total. The fourth-order valence-electron chi connectivity index (χ4n) is 0.938. The lowest BCUT2D eigenvalue weighted by atomic mass is 10.2. The third-order valence-electron chi connectivity index (χ3n) is 1.65. The molecule has 0 spiro atoms. The first kappa shape index (κ1) is 13.6. The van der Waals surface area contributed by atoms with Crippen molar-refractivity contribution >= 4 is 34.5 Å². The van der Waals surface area contributed by atoms with Gasteiger partial charge < -0.3 is 19.7 Å². The van der Waals surface area contributed by atoms with Gasteiger partial charge in [0.1, 0.15) is 11.3 Å². The van der Waals surface area contributed by atoms with Crippen LogP contribution in [-0.4, -0.2) is 23.2 Å². The zero-order valence-electron chi connectivity index (χ0n) is 7.95. The molecule has 0 amide bonds. The lowest BCUT2D eigenvalue weighted by Crippen LogP contribution is -2.45. The van der Waals surface area contributed by atoms with Crippen molar-refractivity contribution < 1.29 is 33.3 Å². The molecular weight excluding hydrogens is 353 g/mol. The summed E-state index contributed by atoms with van der Waals surface area (Å²) in [4.78, 5) is 20.8. The van der Waals surface area contributed by atoms with E-state index in [1.807, 2.05) is 0 Å². The number of rotatable bonds is 4. The third kappa shape index (κ3) is 3.25. The van der Waals surface area contributed by atoms with Gasteiger partial charge in [0, 0.05) is 3.57 Å². The molecule has 17 heavy (non-hydrogen) atoms. The number of ether oxygens (including phenoxy) is 1. The predicted octanol–water partition coefficient (Wildman–Crippen LogP) is 0.711. The third-order valence-corrected chi connectivity index (χ3v) is 2.32. The van der Waals surface area contributed by atoms with Crippen LogP contribution in [0.2, 0.25) is 0 Å². The highest BCUT2D eigenvalue weighted by molar-refractivity contribution is 14.1. The molecule has 0 heterocycles. The average molecular weight is 357 g/mol. The summed E-state index contributed by atoms with van der Waals surface area (Å²) in [7, 11) is 0. The Morgan fingerprint density at radius 3 is 2.47 bits per heavy atom. The monoisotopic (exact) mass is 357 g/mol. The normalized spacial score (nSPS) is 11.0. The van der Waals surface area contributed by atoms with E-state index < -0.39 is 29.4 Å². The number of hydrogen-bond donors (Lipinski definition) is 1. The smallest absolute Gasteiger partial charge is 0.441 e. The molecule has 0 saturated carbocycles. The second kappa shape index (κ2) is 4.82. The molecular formula is C9H4F2IO5-. The quantitative estimate of drug-likeness (QED) is 0.803. The first-order chi connectivity index (χ1) is 7.74. The van der Waals surface area contributed by atoms with Gasteiger partial charge in [-0.05, 0) is 40.8 Å². The molecule has 0 unspecified atom stereocenters. The number of aliphatic carboxylic acids is 1. The molecule has 8 heteroatoms. The maximum absolute atomic E-state index is 12.7. The number of benzene rings is 1. The van der Waals surface area contributed by atoms with Gasteiger partial charge in [-0.25, -0.2) is 4.79 Å². The van der Waals surface area contributed by atoms with Crippen molar-refractivity contribution in [2.45, 2.75) is 6.11 Å². The Balaban J connectivity index is 3.15. The van der Waals surface area contributed by atoms with Crippen LogP contribution >= 0.6 is 22.6 Å². The summed E-state index contributed by atoms with van der Waals surface area (Å²) in [5, 5.41) is 18.8. The van der Waals surface area contributed by atoms with Gasteiger partial charge in [0.25, 0.3) is 0 Å². The molecule has 0 radical (unpaired) electrons. The first-order valence-corrected chi connectivity index (χ1v) is 5.13. The minimum Gasteiger partial charge on any atom is -0.541 e. The predicted molar refractivity (Wildman–Crippen MR) is 56.7 cm³/mol. The van der Waals surface area contributed by atoms with Crippen LogP contribution in [0.15, 0.2) is 18.2 Å². The Kier molecular flexibility index (Phi) is 3.86. The van der Waals surface area contributed by atoms with Gasteiger partial charge in [0.2, 0.25) is 0 Å². The van der Waals surface area contributed by atoms with E-state index in [0.717, 1.165) is 12.1 Å². The number of alkyl halides is 2. The molecule has 1 rings (SSSR count). The molecule has 92 valence electrons. The molecule has 0 aliphatic carbocycles. The maximum Gasteiger partial charge on any atom is 0.441 e. The number of aromatic carboxylic acids is 1. The Hall–Kier alpha value is -1.45. The van der Waals surface area contributed by atoms with E-state index in [1.54, 1.807) is 22.6 Å². The number of carbonyl (C=O) groups is 2. The molecule has 1 aromatic rings. The molecule has 0 aliphatic heterocycles. The van der Waals surface area contributed by atoms with E-state index in [0.29, 0.717) is 3.57 Å². The number of carboxylic acids is 2. The van der Waals surface area contributed by atoms with Gasteiger partial charge >= 0.3 is 12.1 Å². The zero-order chi connectivity index (χ0) is 13.2. The van der Waals surface area contributed by atoms with Crippen molar-refractivity contribution in [3.8, 4) is 5.75 Å². The SMILES string of the molecule is O=C(O)c1cc(I)ccc1OC(F)(F)C(=O)[O-]. The molecule has 0 fully saturated rings. The molecule has 5 nitrogen and oxygen atoms in total. The van der Waals surface area contributed by atoms with Crippen LogP contribution < -0.4 is 9.84 Å². The Morgan fingerprint density at radius 1 is 1.41 bits per heavy atom. The lowest BCUT2D eigenvalue weighted by Gasteiger charge is -2.19. The van der Waals surface area contributed by atoms with Crippen LogP contribution in [0.3, 0.4) is 0 Å². The van der Waals surface area contributed by atoms with Gasteiger partial charge in [0.05, 0.1) is 0 Å². The lowest BCUT2D eigenvalue weighted by molar-refractivity contribution is -0.350. The average Bonchev–Trinajstić information content (AvgIpc) is 2.19. The van der Waals surface area contributed by atoms with Crippen molar-refractivity contribution in [3.05, 3.63) is 27.3 Å². The summed E-state index contributed by atoms with van der Waals surface area (Å²) in [6.45, 7) is 0. The number of carboxylic acid groups (broad SMARTS) is 2. The Bertz CT molecular complexity index is 474. The van der Waals surface area contributed by atoms with Gasteiger partial charge in [-0.1, -0.05) is 0 Å². The zero-order valence-corrected chi connectivity index (χ0v) is 10.1. The van der Waals surface area contributed by atoms with Gasteiger partial charge in [-0.2, -0.15) is 8.78 Å². The first-order valence-electron chi connectivity index (χ1n) is 4.05. The van der Waals surface area contributed by atoms with Gasteiger partial charge in [-0.3, -0.25) is 0 Å². The minimum atomic E-state index is -4.59. The van der Waals surface area contributed by atoms with Crippen LogP contribution in [-0.2, 0) is 4.79 Å². The Labute approximate surface area is 107 Å². The minimum absolute atomic E-state index is 0.476. The highest BCUT2D eigenvalue weighted by Gasteiger charge is 2.35. The van der Waals surface area contributed by atoms with Crippen LogP contribution in [0, 0.1) is 3.57 Å². The second-order valence-corrected chi connectivity index (χ2v) is 4.10. The summed E-state index contributed by atoms with van der Waals surface area (Å²) in [5.74, 6) is -4.99. The highest BCUT2D eigenvalue weighted by atomic mass is 127. The van der Waals surface area contributed by atoms with Crippen molar-refractivity contribution in [1.29, 1.82) is 0 Å². The van der Waals surface area contributed by atoms with E-state index in [2.05, 4.69) is 4.74 Å². The molecule has 0 bridgehead atoms. The van der Waals surface area contributed by atoms with Crippen LogP contribution in [0.5, 0.6) is 5.75 Å². The van der Waals surface area contributed by atoms with Gasteiger partial charge in [0.15, 0.2) is 5.97 Å². The van der Waals surface area contributed by atoms with Crippen molar-refractivity contribution in [3.63, 3.8) is 0 Å². The largest absolute Gasteiger partial charge is 0.541 e. The summed E-state index contributed by atoms with van der Waals surface area (Å²) in [6, 6.07) is 3.32. The topological polar surface area (TPSA) is 86.7 Å². The molecule has 0 aliphatic rings. The molecule has 0 saturated heterocycles. The highest BCUT2D eigenvalue weighted by Crippen LogP contribution is 2.26. The summed E-state index contributed by atoms with van der Waals surface area (Å²) >= 11 is 1.77. The van der Waals surface area contributed by atoms with E-state index in [-0.39, 0.29) is 0 Å². The number of carbonyl (C=O) groups excluding carboxylic acids is 1. The van der Waals surface area contributed by atoms with Crippen LogP contribution in [0.4, 0.5) is 8.78 Å². The van der Waals surface area contributed by atoms with Crippen LogP contribution in [0.25, 0.3) is 0 Å². The molecule has 0 atom stereocenters. The fourth-order valence-corrected chi connectivity index (χ4v) is 1.43. The summed E-state index contributed by atoms with van der Waals surface area (Å²) in [6.07, 6.45) is -4.59. The molecule has 1 aromatic carbocycles. The Morgan fingerprint density at radius 2 is 2.00 bits per heavy atom. The second-order valence-electron chi connectivity index (χ2n) is 2.85. The van der Waals surface area contributed by atoms with E-state index in [9.17, 15) is 23.5 Å². The van der Waals surface area contributed by atoms with Crippen molar-refractivity contribution in [2.24, 2.45) is 0 Å². The van der Waals surface area contributed by atoms with E-state index >= 15 is 0 Å². The number of halogens is 3. The fraction of sp³-hybridized carbons (Fsp3) is 0.111.